The van der Waals surface area contributed by atoms with E-state index < -0.39 is 0 Å². The summed E-state index contributed by atoms with van der Waals surface area (Å²) in [5, 5.41) is 4.85. The smallest absolute Gasteiger partial charge is 0.253 e. The molecule has 0 spiro atoms. The van der Waals surface area contributed by atoms with Crippen LogP contribution < -0.4 is 11.1 Å². The summed E-state index contributed by atoms with van der Waals surface area (Å²) in [6.07, 6.45) is 6.01. The number of nitrogens with one attached hydrogen (secondary N) is 1. The molecule has 0 atom stereocenters. The van der Waals surface area contributed by atoms with Gasteiger partial charge in [0.1, 0.15) is 5.82 Å². The molecule has 1 aliphatic rings. The van der Waals surface area contributed by atoms with Crippen LogP contribution in [0, 0.1) is 0 Å². The lowest BCUT2D eigenvalue weighted by molar-refractivity contribution is 0.0909. The number of amides is 1. The molecule has 3 N–H and O–H groups in total. The summed E-state index contributed by atoms with van der Waals surface area (Å²) < 4.78 is 0. The number of rotatable bonds is 2. The molecule has 1 aromatic heterocycles. The van der Waals surface area contributed by atoms with Gasteiger partial charge < -0.3 is 11.1 Å². The number of nitrogen functional groups attached to an aromatic ring is 1. The van der Waals surface area contributed by atoms with Gasteiger partial charge in [-0.2, -0.15) is 0 Å². The Labute approximate surface area is 118 Å². The van der Waals surface area contributed by atoms with E-state index >= 15 is 0 Å². The van der Waals surface area contributed by atoms with E-state index in [0.29, 0.717) is 11.4 Å². The fourth-order valence-corrected chi connectivity index (χ4v) is 3.02. The Kier molecular flexibility index (Phi) is 3.08. The Morgan fingerprint density at radius 1 is 1.25 bits per heavy atom. The minimum Gasteiger partial charge on any atom is -0.383 e. The maximum atomic E-state index is 12.5. The lowest BCUT2D eigenvalue weighted by Gasteiger charge is -2.25. The summed E-state index contributed by atoms with van der Waals surface area (Å²) in [6, 6.07) is 7.63. The molecule has 0 bridgehead atoms. The van der Waals surface area contributed by atoms with Crippen LogP contribution in [-0.4, -0.2) is 16.4 Å². The van der Waals surface area contributed by atoms with Crippen LogP contribution in [0.2, 0.25) is 0 Å². The second kappa shape index (κ2) is 4.78. The molecule has 0 unspecified atom stereocenters. The van der Waals surface area contributed by atoms with Crippen LogP contribution in [0.15, 0.2) is 30.5 Å². The monoisotopic (exact) mass is 269 g/mol. The van der Waals surface area contributed by atoms with Crippen molar-refractivity contribution in [1.29, 1.82) is 0 Å². The average Bonchev–Trinajstić information content (AvgIpc) is 2.86. The van der Waals surface area contributed by atoms with Crippen molar-refractivity contribution >= 4 is 22.5 Å². The van der Waals surface area contributed by atoms with Gasteiger partial charge in [-0.3, -0.25) is 4.79 Å². The van der Waals surface area contributed by atoms with E-state index in [0.717, 1.165) is 23.6 Å². The zero-order chi connectivity index (χ0) is 14.2. The summed E-state index contributed by atoms with van der Waals surface area (Å²) in [5.41, 5.74) is 6.39. The normalized spacial score (nSPS) is 17.2. The summed E-state index contributed by atoms with van der Waals surface area (Å²) in [4.78, 5) is 16.7. The van der Waals surface area contributed by atoms with Gasteiger partial charge in [0.05, 0.1) is 5.56 Å². The Bertz CT molecular complexity index is 660. The molecule has 1 fully saturated rings. The fourth-order valence-electron chi connectivity index (χ4n) is 3.02. The number of anilines is 1. The number of nitrogens with zero attached hydrogens (tertiary/aromatic N) is 1. The van der Waals surface area contributed by atoms with E-state index in [1.807, 2.05) is 24.3 Å². The van der Waals surface area contributed by atoms with Gasteiger partial charge in [0.25, 0.3) is 5.91 Å². The van der Waals surface area contributed by atoms with Crippen molar-refractivity contribution in [2.75, 3.05) is 5.73 Å². The van der Waals surface area contributed by atoms with E-state index in [2.05, 4.69) is 17.2 Å². The molecular weight excluding hydrogens is 250 g/mol. The molecule has 1 amide bonds. The van der Waals surface area contributed by atoms with Gasteiger partial charge in [0.15, 0.2) is 0 Å². The SMILES string of the molecule is CC1(NC(=O)c2cnc(N)c3ccccc23)CCCC1. The van der Waals surface area contributed by atoms with Gasteiger partial charge in [-0.15, -0.1) is 0 Å². The zero-order valence-electron chi connectivity index (χ0n) is 11.6. The third kappa shape index (κ3) is 2.22. The van der Waals surface area contributed by atoms with Crippen LogP contribution in [0.25, 0.3) is 10.8 Å². The first kappa shape index (κ1) is 12.9. The van der Waals surface area contributed by atoms with Crippen LogP contribution in [0.4, 0.5) is 5.82 Å². The molecule has 1 saturated carbocycles. The molecular formula is C16H19N3O. The number of carbonyl (C=O) groups is 1. The summed E-state index contributed by atoms with van der Waals surface area (Å²) in [5.74, 6) is 0.405. The molecule has 3 rings (SSSR count). The summed E-state index contributed by atoms with van der Waals surface area (Å²) in [6.45, 7) is 2.12. The van der Waals surface area contributed by atoms with Gasteiger partial charge in [-0.25, -0.2) is 4.98 Å². The number of hydrogen-bond acceptors (Lipinski definition) is 3. The number of nitrogens with two attached hydrogens (primary N) is 1. The first-order chi connectivity index (χ1) is 9.59. The predicted molar refractivity (Wildman–Crippen MR) is 80.5 cm³/mol. The van der Waals surface area contributed by atoms with E-state index in [4.69, 9.17) is 5.73 Å². The summed E-state index contributed by atoms with van der Waals surface area (Å²) in [7, 11) is 0. The Morgan fingerprint density at radius 3 is 2.60 bits per heavy atom. The number of hydrogen-bond donors (Lipinski definition) is 2. The molecule has 104 valence electrons. The molecule has 20 heavy (non-hydrogen) atoms. The predicted octanol–water partition coefficient (Wildman–Crippen LogP) is 2.88. The molecule has 1 aliphatic carbocycles. The van der Waals surface area contributed by atoms with Crippen molar-refractivity contribution in [2.24, 2.45) is 0 Å². The number of aromatic nitrogens is 1. The second-order valence-electron chi connectivity index (χ2n) is 5.82. The quantitative estimate of drug-likeness (QED) is 0.880. The molecule has 2 aromatic rings. The first-order valence-electron chi connectivity index (χ1n) is 7.05. The van der Waals surface area contributed by atoms with Gasteiger partial charge in [-0.05, 0) is 25.2 Å². The van der Waals surface area contributed by atoms with E-state index in [-0.39, 0.29) is 11.4 Å². The third-order valence-corrected chi connectivity index (χ3v) is 4.19. The maximum absolute atomic E-state index is 12.5. The molecule has 0 saturated heterocycles. The van der Waals surface area contributed by atoms with Crippen molar-refractivity contribution in [1.82, 2.24) is 10.3 Å². The van der Waals surface area contributed by atoms with Crippen LogP contribution in [0.3, 0.4) is 0 Å². The van der Waals surface area contributed by atoms with Crippen LogP contribution in [0.1, 0.15) is 43.0 Å². The van der Waals surface area contributed by atoms with Gasteiger partial charge in [0, 0.05) is 17.1 Å². The Morgan fingerprint density at radius 2 is 1.90 bits per heavy atom. The second-order valence-corrected chi connectivity index (χ2v) is 5.82. The molecule has 4 heteroatoms. The third-order valence-electron chi connectivity index (χ3n) is 4.19. The largest absolute Gasteiger partial charge is 0.383 e. The Hall–Kier alpha value is -2.10. The highest BCUT2D eigenvalue weighted by Gasteiger charge is 2.30. The van der Waals surface area contributed by atoms with Gasteiger partial charge in [0.2, 0.25) is 0 Å². The number of carbonyl (C=O) groups excluding carboxylic acids is 1. The van der Waals surface area contributed by atoms with Crippen molar-refractivity contribution in [2.45, 2.75) is 38.1 Å². The maximum Gasteiger partial charge on any atom is 0.253 e. The lowest BCUT2D eigenvalue weighted by atomic mass is 9.99. The van der Waals surface area contributed by atoms with Gasteiger partial charge in [-0.1, -0.05) is 37.1 Å². The molecule has 0 radical (unpaired) electrons. The molecule has 4 nitrogen and oxygen atoms in total. The fraction of sp³-hybridized carbons (Fsp3) is 0.375. The van der Waals surface area contributed by atoms with Gasteiger partial charge >= 0.3 is 0 Å². The Balaban J connectivity index is 1.98. The number of fused-ring (bicyclic) bond motifs is 1. The van der Waals surface area contributed by atoms with Crippen molar-refractivity contribution in [3.05, 3.63) is 36.0 Å². The van der Waals surface area contributed by atoms with E-state index in [1.54, 1.807) is 6.20 Å². The highest BCUT2D eigenvalue weighted by Crippen LogP contribution is 2.30. The number of benzene rings is 1. The minimum atomic E-state index is -0.0838. The van der Waals surface area contributed by atoms with E-state index in [1.165, 1.54) is 12.8 Å². The number of pyridine rings is 1. The topological polar surface area (TPSA) is 68.0 Å². The van der Waals surface area contributed by atoms with Crippen molar-refractivity contribution in [3.8, 4) is 0 Å². The highest BCUT2D eigenvalue weighted by atomic mass is 16.1. The zero-order valence-corrected chi connectivity index (χ0v) is 11.6. The van der Waals surface area contributed by atoms with E-state index in [9.17, 15) is 4.79 Å². The standard InChI is InChI=1S/C16H19N3O/c1-16(8-4-5-9-16)19-15(20)13-10-18-14(17)12-7-3-2-6-11(12)13/h2-3,6-7,10H,4-5,8-9H2,1H3,(H2,17,18)(H,19,20). The van der Waals surface area contributed by atoms with Crippen molar-refractivity contribution in [3.63, 3.8) is 0 Å². The minimum absolute atomic E-state index is 0.0573. The highest BCUT2D eigenvalue weighted by molar-refractivity contribution is 6.09. The van der Waals surface area contributed by atoms with Crippen LogP contribution in [-0.2, 0) is 0 Å². The lowest BCUT2D eigenvalue weighted by Crippen LogP contribution is -2.43. The van der Waals surface area contributed by atoms with Crippen molar-refractivity contribution < 1.29 is 4.79 Å². The van der Waals surface area contributed by atoms with Crippen LogP contribution >= 0.6 is 0 Å². The average molecular weight is 269 g/mol. The summed E-state index contributed by atoms with van der Waals surface area (Å²) >= 11 is 0. The van der Waals surface area contributed by atoms with Crippen LogP contribution in [0.5, 0.6) is 0 Å². The molecule has 1 heterocycles. The molecule has 0 aliphatic heterocycles. The molecule has 1 aromatic carbocycles. The first-order valence-corrected chi connectivity index (χ1v) is 7.05.